The molecular formula is C9H20N2. The average Bonchev–Trinajstić information content (AvgIpc) is 1.86. The zero-order valence-corrected chi connectivity index (χ0v) is 7.85. The van der Waals surface area contributed by atoms with Crippen LogP contribution in [0.5, 0.6) is 0 Å². The second kappa shape index (κ2) is 3.11. The van der Waals surface area contributed by atoms with Crippen molar-refractivity contribution >= 4 is 0 Å². The highest BCUT2D eigenvalue weighted by atomic mass is 15.2. The molecule has 3 N–H and O–H groups in total. The van der Waals surface area contributed by atoms with Gasteiger partial charge in [-0.25, -0.2) is 0 Å². The summed E-state index contributed by atoms with van der Waals surface area (Å²) in [6.45, 7) is 6.88. The molecule has 0 heterocycles. The first-order valence-corrected chi connectivity index (χ1v) is 4.54. The molecular weight excluding hydrogens is 136 g/mol. The highest BCUT2D eigenvalue weighted by Crippen LogP contribution is 2.38. The minimum absolute atomic E-state index is 0.381. The summed E-state index contributed by atoms with van der Waals surface area (Å²) in [5, 5.41) is 0. The van der Waals surface area contributed by atoms with E-state index in [9.17, 15) is 0 Å². The second-order valence-electron chi connectivity index (χ2n) is 4.50. The zero-order chi connectivity index (χ0) is 8.48. The highest BCUT2D eigenvalue weighted by molar-refractivity contribution is 4.90. The van der Waals surface area contributed by atoms with Crippen molar-refractivity contribution < 1.29 is 0 Å². The van der Waals surface area contributed by atoms with Crippen molar-refractivity contribution in [2.24, 2.45) is 17.2 Å². The molecule has 0 aliphatic heterocycles. The van der Waals surface area contributed by atoms with Crippen LogP contribution < -0.4 is 11.3 Å². The lowest BCUT2D eigenvalue weighted by Gasteiger charge is -2.42. The van der Waals surface area contributed by atoms with Gasteiger partial charge in [-0.2, -0.15) is 0 Å². The fraction of sp³-hybridized carbons (Fsp3) is 1.00. The van der Waals surface area contributed by atoms with Gasteiger partial charge in [0.1, 0.15) is 0 Å². The van der Waals surface area contributed by atoms with E-state index in [1.54, 1.807) is 0 Å². The van der Waals surface area contributed by atoms with Crippen LogP contribution in [0.2, 0.25) is 0 Å². The molecule has 2 atom stereocenters. The zero-order valence-electron chi connectivity index (χ0n) is 7.85. The standard InChI is InChI=1S/C9H20N2/c1-7-5-4-6-9(2,3)8(7)11-10/h7-8,11H,4-6,10H2,1-3H3/t7-,8+/m1/s1. The predicted molar refractivity (Wildman–Crippen MR) is 47.9 cm³/mol. The van der Waals surface area contributed by atoms with Gasteiger partial charge in [0, 0.05) is 6.04 Å². The number of hydrogen-bond acceptors (Lipinski definition) is 2. The topological polar surface area (TPSA) is 38.0 Å². The van der Waals surface area contributed by atoms with Gasteiger partial charge >= 0.3 is 0 Å². The number of hydrazine groups is 1. The lowest BCUT2D eigenvalue weighted by atomic mass is 9.69. The van der Waals surface area contributed by atoms with E-state index in [0.717, 1.165) is 5.92 Å². The summed E-state index contributed by atoms with van der Waals surface area (Å²) in [6, 6.07) is 0.497. The Morgan fingerprint density at radius 3 is 2.45 bits per heavy atom. The summed E-state index contributed by atoms with van der Waals surface area (Å²) >= 11 is 0. The maximum atomic E-state index is 5.52. The minimum Gasteiger partial charge on any atom is -0.271 e. The van der Waals surface area contributed by atoms with Gasteiger partial charge in [0.05, 0.1) is 0 Å². The Kier molecular flexibility index (Phi) is 2.55. The highest BCUT2D eigenvalue weighted by Gasteiger charge is 2.35. The fourth-order valence-electron chi connectivity index (χ4n) is 2.36. The van der Waals surface area contributed by atoms with Gasteiger partial charge in [-0.3, -0.25) is 11.3 Å². The molecule has 2 nitrogen and oxygen atoms in total. The van der Waals surface area contributed by atoms with E-state index in [1.165, 1.54) is 19.3 Å². The molecule has 0 saturated heterocycles. The Hall–Kier alpha value is -0.0800. The molecule has 0 amide bonds. The second-order valence-corrected chi connectivity index (χ2v) is 4.50. The van der Waals surface area contributed by atoms with Crippen molar-refractivity contribution in [1.82, 2.24) is 5.43 Å². The van der Waals surface area contributed by atoms with Crippen molar-refractivity contribution in [2.45, 2.75) is 46.1 Å². The Balaban J connectivity index is 2.64. The van der Waals surface area contributed by atoms with Gasteiger partial charge < -0.3 is 0 Å². The van der Waals surface area contributed by atoms with E-state index in [-0.39, 0.29) is 0 Å². The lowest BCUT2D eigenvalue weighted by molar-refractivity contribution is 0.118. The van der Waals surface area contributed by atoms with Crippen LogP contribution in [0.25, 0.3) is 0 Å². The molecule has 0 aromatic heterocycles. The normalized spacial score (nSPS) is 37.1. The Morgan fingerprint density at radius 2 is 2.09 bits per heavy atom. The van der Waals surface area contributed by atoms with Crippen molar-refractivity contribution in [1.29, 1.82) is 0 Å². The van der Waals surface area contributed by atoms with Crippen LogP contribution in [0.15, 0.2) is 0 Å². The first-order valence-electron chi connectivity index (χ1n) is 4.54. The first kappa shape index (κ1) is 9.01. The van der Waals surface area contributed by atoms with Crippen molar-refractivity contribution in [3.05, 3.63) is 0 Å². The van der Waals surface area contributed by atoms with E-state index < -0.39 is 0 Å². The third-order valence-electron chi connectivity index (χ3n) is 3.07. The number of hydrogen-bond donors (Lipinski definition) is 2. The predicted octanol–water partition coefficient (Wildman–Crippen LogP) is 1.66. The van der Waals surface area contributed by atoms with Crippen molar-refractivity contribution in [3.63, 3.8) is 0 Å². The van der Waals surface area contributed by atoms with Crippen LogP contribution in [0.1, 0.15) is 40.0 Å². The van der Waals surface area contributed by atoms with Gasteiger partial charge in [0.15, 0.2) is 0 Å². The summed E-state index contributed by atoms with van der Waals surface area (Å²) in [5.41, 5.74) is 3.33. The Bertz CT molecular complexity index is 132. The molecule has 0 spiro atoms. The molecule has 1 aliphatic carbocycles. The van der Waals surface area contributed by atoms with Crippen LogP contribution in [-0.2, 0) is 0 Å². The van der Waals surface area contributed by atoms with Crippen LogP contribution in [0, 0.1) is 11.3 Å². The molecule has 0 bridgehead atoms. The maximum Gasteiger partial charge on any atom is 0.0287 e. The fourth-order valence-corrected chi connectivity index (χ4v) is 2.36. The molecule has 1 rings (SSSR count). The molecule has 66 valence electrons. The maximum absolute atomic E-state index is 5.52. The molecule has 11 heavy (non-hydrogen) atoms. The quantitative estimate of drug-likeness (QED) is 0.447. The number of nitrogens with one attached hydrogen (secondary N) is 1. The summed E-state index contributed by atoms with van der Waals surface area (Å²) in [4.78, 5) is 0. The molecule has 0 radical (unpaired) electrons. The molecule has 0 aromatic carbocycles. The molecule has 1 fully saturated rings. The number of nitrogens with two attached hydrogens (primary N) is 1. The van der Waals surface area contributed by atoms with E-state index >= 15 is 0 Å². The van der Waals surface area contributed by atoms with Gasteiger partial charge in [0.2, 0.25) is 0 Å². The van der Waals surface area contributed by atoms with Gasteiger partial charge in [0.25, 0.3) is 0 Å². The number of rotatable bonds is 1. The molecule has 1 saturated carbocycles. The molecule has 1 aliphatic rings. The van der Waals surface area contributed by atoms with Gasteiger partial charge in [-0.1, -0.05) is 27.2 Å². The largest absolute Gasteiger partial charge is 0.271 e. The Labute approximate surface area is 69.5 Å². The molecule has 2 heteroatoms. The van der Waals surface area contributed by atoms with Crippen molar-refractivity contribution in [3.8, 4) is 0 Å². The Morgan fingerprint density at radius 1 is 1.45 bits per heavy atom. The summed E-state index contributed by atoms with van der Waals surface area (Å²) in [7, 11) is 0. The van der Waals surface area contributed by atoms with Crippen LogP contribution in [0.4, 0.5) is 0 Å². The summed E-state index contributed by atoms with van der Waals surface area (Å²) < 4.78 is 0. The van der Waals surface area contributed by atoms with E-state index in [1.807, 2.05) is 0 Å². The third kappa shape index (κ3) is 1.74. The van der Waals surface area contributed by atoms with Crippen LogP contribution in [0.3, 0.4) is 0 Å². The summed E-state index contributed by atoms with van der Waals surface area (Å²) in [6.07, 6.45) is 3.97. The van der Waals surface area contributed by atoms with E-state index in [0.29, 0.717) is 11.5 Å². The third-order valence-corrected chi connectivity index (χ3v) is 3.07. The van der Waals surface area contributed by atoms with Crippen LogP contribution >= 0.6 is 0 Å². The smallest absolute Gasteiger partial charge is 0.0287 e. The lowest BCUT2D eigenvalue weighted by Crippen LogP contribution is -2.51. The molecule has 0 unspecified atom stereocenters. The van der Waals surface area contributed by atoms with Gasteiger partial charge in [-0.15, -0.1) is 0 Å². The summed E-state index contributed by atoms with van der Waals surface area (Å²) in [5.74, 6) is 6.24. The van der Waals surface area contributed by atoms with E-state index in [4.69, 9.17) is 5.84 Å². The molecule has 0 aromatic rings. The average molecular weight is 156 g/mol. The van der Waals surface area contributed by atoms with E-state index in [2.05, 4.69) is 26.2 Å². The van der Waals surface area contributed by atoms with Crippen LogP contribution in [-0.4, -0.2) is 6.04 Å². The van der Waals surface area contributed by atoms with Gasteiger partial charge in [-0.05, 0) is 24.2 Å². The van der Waals surface area contributed by atoms with Crippen molar-refractivity contribution in [2.75, 3.05) is 0 Å². The minimum atomic E-state index is 0.381. The monoisotopic (exact) mass is 156 g/mol. The SMILES string of the molecule is C[C@@H]1CCCC(C)(C)[C@H]1NN. The first-order chi connectivity index (χ1) is 5.08.